The summed E-state index contributed by atoms with van der Waals surface area (Å²) in [6.07, 6.45) is 1.72. The maximum absolute atomic E-state index is 12.4. The molecule has 0 amide bonds. The molecule has 0 saturated carbocycles. The highest BCUT2D eigenvalue weighted by atomic mass is 79.9. The number of nitrogens with one attached hydrogen (secondary N) is 2. The van der Waals surface area contributed by atoms with E-state index in [-0.39, 0.29) is 11.0 Å². The lowest BCUT2D eigenvalue weighted by Crippen LogP contribution is -2.20. The Morgan fingerprint density at radius 2 is 1.88 bits per heavy atom. The molecule has 0 radical (unpaired) electrons. The standard InChI is InChI=1S/C18H20BrN3O.C2H6/c1-10-8-20-17(23)14-13-7-11(19)5-6-12(13)16(22-15(10)14)21-9-18(2,3)4;1-2/h5-8H,9H2,1-4H3,(H,20,23)(H,21,22);1-2H3. The fourth-order valence-corrected chi connectivity index (χ4v) is 2.96. The molecule has 0 aliphatic heterocycles. The lowest BCUT2D eigenvalue weighted by molar-refractivity contribution is 0.443. The van der Waals surface area contributed by atoms with E-state index in [9.17, 15) is 4.79 Å². The number of aromatic nitrogens is 2. The third-order valence-corrected chi connectivity index (χ3v) is 4.27. The van der Waals surface area contributed by atoms with Gasteiger partial charge in [-0.05, 0) is 36.1 Å². The van der Waals surface area contributed by atoms with Gasteiger partial charge in [0, 0.05) is 28.0 Å². The summed E-state index contributed by atoms with van der Waals surface area (Å²) in [5.41, 5.74) is 1.74. The average molecular weight is 404 g/mol. The number of hydrogen-bond acceptors (Lipinski definition) is 3. The molecule has 2 N–H and O–H groups in total. The molecule has 0 spiro atoms. The molecule has 0 bridgehead atoms. The van der Waals surface area contributed by atoms with Crippen LogP contribution in [0.4, 0.5) is 5.82 Å². The van der Waals surface area contributed by atoms with Crippen LogP contribution in [0.2, 0.25) is 0 Å². The van der Waals surface area contributed by atoms with E-state index in [4.69, 9.17) is 4.98 Å². The molecule has 4 nitrogen and oxygen atoms in total. The van der Waals surface area contributed by atoms with E-state index in [1.54, 1.807) is 6.20 Å². The van der Waals surface area contributed by atoms with Crippen molar-refractivity contribution in [3.05, 3.63) is 44.8 Å². The molecule has 3 aromatic rings. The molecule has 134 valence electrons. The molecule has 25 heavy (non-hydrogen) atoms. The minimum atomic E-state index is -0.108. The normalized spacial score (nSPS) is 11.3. The van der Waals surface area contributed by atoms with Crippen LogP contribution in [-0.2, 0) is 0 Å². The second kappa shape index (κ2) is 7.56. The van der Waals surface area contributed by atoms with Crippen LogP contribution in [0.3, 0.4) is 0 Å². The molecular formula is C20H26BrN3O. The van der Waals surface area contributed by atoms with E-state index in [1.807, 2.05) is 39.0 Å². The summed E-state index contributed by atoms with van der Waals surface area (Å²) in [4.78, 5) is 19.9. The molecule has 5 heteroatoms. The van der Waals surface area contributed by atoms with Gasteiger partial charge in [0.15, 0.2) is 0 Å². The van der Waals surface area contributed by atoms with E-state index in [2.05, 4.69) is 47.0 Å². The third-order valence-electron chi connectivity index (χ3n) is 3.77. The number of benzene rings is 1. The van der Waals surface area contributed by atoms with E-state index in [0.717, 1.165) is 38.7 Å². The first-order valence-electron chi connectivity index (χ1n) is 8.61. The Balaban J connectivity index is 0.00000109. The smallest absolute Gasteiger partial charge is 0.258 e. The largest absolute Gasteiger partial charge is 0.369 e. The van der Waals surface area contributed by atoms with E-state index in [1.165, 1.54) is 0 Å². The molecule has 0 unspecified atom stereocenters. The number of aromatic amines is 1. The van der Waals surface area contributed by atoms with Gasteiger partial charge in [0.2, 0.25) is 0 Å². The fourth-order valence-electron chi connectivity index (χ4n) is 2.60. The summed E-state index contributed by atoms with van der Waals surface area (Å²) < 4.78 is 0.945. The maximum atomic E-state index is 12.4. The molecule has 0 aliphatic carbocycles. The summed E-state index contributed by atoms with van der Waals surface area (Å²) in [6.45, 7) is 13.3. The maximum Gasteiger partial charge on any atom is 0.258 e. The Morgan fingerprint density at radius 1 is 1.20 bits per heavy atom. The number of pyridine rings is 2. The van der Waals surface area contributed by atoms with Crippen LogP contribution in [0.1, 0.15) is 40.2 Å². The number of rotatable bonds is 2. The first-order valence-corrected chi connectivity index (χ1v) is 9.41. The molecule has 3 rings (SSSR count). The van der Waals surface area contributed by atoms with Crippen LogP contribution in [0.15, 0.2) is 33.7 Å². The molecule has 0 atom stereocenters. The molecule has 0 fully saturated rings. The number of nitrogens with zero attached hydrogens (tertiary/aromatic N) is 1. The van der Waals surface area contributed by atoms with Crippen molar-refractivity contribution < 1.29 is 0 Å². The van der Waals surface area contributed by atoms with Crippen molar-refractivity contribution >= 4 is 43.4 Å². The lowest BCUT2D eigenvalue weighted by atomic mass is 9.97. The quantitative estimate of drug-likeness (QED) is 0.544. The van der Waals surface area contributed by atoms with E-state index in [0.29, 0.717) is 5.39 Å². The molecule has 0 aliphatic rings. The number of aryl methyl sites for hydroxylation is 1. The van der Waals surface area contributed by atoms with E-state index < -0.39 is 0 Å². The lowest BCUT2D eigenvalue weighted by Gasteiger charge is -2.20. The van der Waals surface area contributed by atoms with Crippen LogP contribution in [0.25, 0.3) is 21.7 Å². The van der Waals surface area contributed by atoms with Crippen molar-refractivity contribution in [2.45, 2.75) is 41.5 Å². The first-order chi connectivity index (χ1) is 11.8. The topological polar surface area (TPSA) is 57.8 Å². The summed E-state index contributed by atoms with van der Waals surface area (Å²) in [6, 6.07) is 5.96. The van der Waals surface area contributed by atoms with Gasteiger partial charge < -0.3 is 10.3 Å². The summed E-state index contributed by atoms with van der Waals surface area (Å²) in [5, 5.41) is 5.96. The number of hydrogen-bond donors (Lipinski definition) is 2. The van der Waals surface area contributed by atoms with Gasteiger partial charge in [0.05, 0.1) is 10.9 Å². The van der Waals surface area contributed by atoms with Crippen molar-refractivity contribution in [1.82, 2.24) is 9.97 Å². The first kappa shape index (κ1) is 19.4. The zero-order valence-corrected chi connectivity index (χ0v) is 17.3. The van der Waals surface area contributed by atoms with Crippen molar-refractivity contribution in [2.24, 2.45) is 5.41 Å². The van der Waals surface area contributed by atoms with Gasteiger partial charge in [0.25, 0.3) is 5.56 Å². The second-order valence-electron chi connectivity index (χ2n) is 7.09. The monoisotopic (exact) mass is 403 g/mol. The van der Waals surface area contributed by atoms with Gasteiger partial charge in [-0.2, -0.15) is 0 Å². The summed E-state index contributed by atoms with van der Waals surface area (Å²) >= 11 is 3.50. The zero-order valence-electron chi connectivity index (χ0n) is 15.7. The van der Waals surface area contributed by atoms with Crippen molar-refractivity contribution in [3.63, 3.8) is 0 Å². The SMILES string of the molecule is CC.Cc1c[nH]c(=O)c2c1nc(NCC(C)(C)C)c1ccc(Br)cc12. The van der Waals surface area contributed by atoms with Gasteiger partial charge in [-0.15, -0.1) is 0 Å². The predicted octanol–water partition coefficient (Wildman–Crippen LogP) is 5.63. The summed E-state index contributed by atoms with van der Waals surface area (Å²) in [7, 11) is 0. The fraction of sp³-hybridized carbons (Fsp3) is 0.400. The van der Waals surface area contributed by atoms with Crippen LogP contribution in [0, 0.1) is 12.3 Å². The molecule has 2 heterocycles. The summed E-state index contributed by atoms with van der Waals surface area (Å²) in [5.74, 6) is 0.823. The molecule has 1 aromatic carbocycles. The number of fused-ring (bicyclic) bond motifs is 3. The van der Waals surface area contributed by atoms with Gasteiger partial charge in [0.1, 0.15) is 5.82 Å². The van der Waals surface area contributed by atoms with Crippen molar-refractivity contribution in [2.75, 3.05) is 11.9 Å². The van der Waals surface area contributed by atoms with Crippen molar-refractivity contribution in [1.29, 1.82) is 0 Å². The van der Waals surface area contributed by atoms with Crippen molar-refractivity contribution in [3.8, 4) is 0 Å². The van der Waals surface area contributed by atoms with E-state index >= 15 is 0 Å². The minimum Gasteiger partial charge on any atom is -0.369 e. The molecule has 2 aromatic heterocycles. The Labute approximate surface area is 157 Å². The number of anilines is 1. The molecular weight excluding hydrogens is 378 g/mol. The van der Waals surface area contributed by atoms with Gasteiger partial charge in [-0.3, -0.25) is 4.79 Å². The minimum absolute atomic E-state index is 0.108. The molecule has 0 saturated heterocycles. The van der Waals surface area contributed by atoms with Gasteiger partial charge in [-0.1, -0.05) is 50.5 Å². The number of H-pyrrole nitrogens is 1. The Morgan fingerprint density at radius 3 is 2.52 bits per heavy atom. The van der Waals surface area contributed by atoms with Gasteiger partial charge in [-0.25, -0.2) is 4.98 Å². The third kappa shape index (κ3) is 4.21. The van der Waals surface area contributed by atoms with Crippen LogP contribution < -0.4 is 10.9 Å². The van der Waals surface area contributed by atoms with Crippen LogP contribution in [0.5, 0.6) is 0 Å². The highest BCUT2D eigenvalue weighted by Crippen LogP contribution is 2.31. The Kier molecular flexibility index (Phi) is 5.88. The Hall–Kier alpha value is -1.88. The predicted molar refractivity (Wildman–Crippen MR) is 112 cm³/mol. The second-order valence-corrected chi connectivity index (χ2v) is 8.00. The van der Waals surface area contributed by atoms with Crippen LogP contribution in [-0.4, -0.2) is 16.5 Å². The highest BCUT2D eigenvalue weighted by Gasteiger charge is 2.15. The zero-order chi connectivity index (χ0) is 18.8. The highest BCUT2D eigenvalue weighted by molar-refractivity contribution is 9.10. The number of halogens is 1. The average Bonchev–Trinajstić information content (AvgIpc) is 2.56. The van der Waals surface area contributed by atoms with Crippen LogP contribution >= 0.6 is 15.9 Å². The Bertz CT molecular complexity index is 955. The van der Waals surface area contributed by atoms with Gasteiger partial charge >= 0.3 is 0 Å².